The zero-order chi connectivity index (χ0) is 44.8. The van der Waals surface area contributed by atoms with Crippen molar-refractivity contribution >= 4 is 65.6 Å². The molecule has 6 aromatic rings. The van der Waals surface area contributed by atoms with Crippen molar-refractivity contribution in [3.05, 3.63) is 120 Å². The molecule has 0 aliphatic carbocycles. The first kappa shape index (κ1) is 48.8. The fraction of sp³-hybridized carbons (Fsp3) is 0.333. The number of aromatic nitrogens is 4. The third-order valence-corrected chi connectivity index (χ3v) is 26.0. The molecule has 0 saturated carbocycles. The van der Waals surface area contributed by atoms with Crippen LogP contribution in [0.1, 0.15) is 94.1 Å². The second kappa shape index (κ2) is 22.3. The monoisotopic (exact) mass is 972 g/mol. The Balaban J connectivity index is 0.000000202. The van der Waals surface area contributed by atoms with E-state index in [0.29, 0.717) is 27.9 Å². The van der Waals surface area contributed by atoms with E-state index in [1.165, 1.54) is 77.0 Å². The Morgan fingerprint density at radius 1 is 0.656 bits per heavy atom. The number of unbranched alkanes of at least 4 members (excludes halogenated alkanes) is 3. The van der Waals surface area contributed by atoms with Gasteiger partial charge >= 0.3 is 140 Å². The Kier molecular flexibility index (Phi) is 17.8. The third kappa shape index (κ3) is 13.3. The van der Waals surface area contributed by atoms with Crippen molar-refractivity contribution in [2.24, 2.45) is 0 Å². The van der Waals surface area contributed by atoms with Crippen LogP contribution < -0.4 is 7.89 Å². The van der Waals surface area contributed by atoms with Gasteiger partial charge in [0.05, 0.1) is 16.7 Å². The van der Waals surface area contributed by atoms with Crippen LogP contribution in [-0.2, 0) is 10.1 Å². The summed E-state index contributed by atoms with van der Waals surface area (Å²) in [6, 6.07) is 22.1. The second-order valence-corrected chi connectivity index (χ2v) is 29.1. The summed E-state index contributed by atoms with van der Waals surface area (Å²) in [5.41, 5.74) is -3.96. The molecular weight excluding hydrogens is 922 g/mol. The summed E-state index contributed by atoms with van der Waals surface area (Å²) in [5.74, 6) is -2.91. The van der Waals surface area contributed by atoms with Crippen molar-refractivity contribution in [3.8, 4) is 17.0 Å². The van der Waals surface area contributed by atoms with Crippen LogP contribution in [-0.4, -0.2) is 63.8 Å². The number of Topliss-reactive ketones (excluding diaryl/α,β-unsaturated/α-hetero) is 2. The standard InChI is InChI=1S/C16H11FN2O.C12H7F4NO4S.C5H4N.3C4H9.Sn/c1-10(20)16-13(15-4-2-3-7-18-15)9-11-8-12(17)5-6-14(11)19-16;1-6(18)11-10(21-22(19,20)12(14,15)16)5-7-4-8(13)2-3-9(7)17-11;1-2-4-6-5-3-1;3*1-3-4-2;/h2-9H,1H3;2-5H,1H3;1-4H;3*1,3-4H2,2H3;. The Morgan fingerprint density at radius 3 is 1.59 bits per heavy atom. The van der Waals surface area contributed by atoms with Crippen molar-refractivity contribution in [1.29, 1.82) is 0 Å². The van der Waals surface area contributed by atoms with E-state index in [1.54, 1.807) is 34.2 Å². The number of hydrogen-bond donors (Lipinski definition) is 0. The number of rotatable bonds is 15. The van der Waals surface area contributed by atoms with Crippen LogP contribution in [0, 0.1) is 11.6 Å². The van der Waals surface area contributed by atoms with Crippen molar-refractivity contribution in [2.75, 3.05) is 0 Å². The molecule has 0 bridgehead atoms. The van der Waals surface area contributed by atoms with E-state index < -0.39 is 57.0 Å². The van der Waals surface area contributed by atoms with Crippen LogP contribution in [0.25, 0.3) is 33.1 Å². The summed E-state index contributed by atoms with van der Waals surface area (Å²) in [6.45, 7) is 9.42. The second-order valence-electron chi connectivity index (χ2n) is 14.5. The number of fused-ring (bicyclic) bond motifs is 2. The van der Waals surface area contributed by atoms with Crippen LogP contribution in [0.4, 0.5) is 22.0 Å². The first-order valence-corrected chi connectivity index (χ1v) is 28.9. The molecule has 0 fully saturated rings. The molecule has 4 aromatic heterocycles. The molecule has 324 valence electrons. The molecule has 0 aliphatic heterocycles. The molecule has 9 nitrogen and oxygen atoms in total. The van der Waals surface area contributed by atoms with Crippen LogP contribution >= 0.6 is 0 Å². The summed E-state index contributed by atoms with van der Waals surface area (Å²) < 4.78 is 95.6. The SMILES string of the molecule is CC(=O)c1nc2ccc(F)cc2cc1-c1ccccn1.CC(=O)c1nc2ccc(F)cc2cc1OS(=O)(=O)C(F)(F)F.CCC[CH2][Sn]([CH2]CCC)([CH2]CCC)[c]1ccccn1. The van der Waals surface area contributed by atoms with E-state index >= 15 is 0 Å². The van der Waals surface area contributed by atoms with Crippen molar-refractivity contribution < 1.29 is 44.1 Å². The normalized spacial score (nSPS) is 11.6. The average molecular weight is 972 g/mol. The first-order chi connectivity index (χ1) is 28.9. The van der Waals surface area contributed by atoms with Gasteiger partial charge in [-0.1, -0.05) is 6.07 Å². The summed E-state index contributed by atoms with van der Waals surface area (Å²) in [7, 11) is -5.97. The van der Waals surface area contributed by atoms with Gasteiger partial charge in [0.15, 0.2) is 23.0 Å². The number of pyridine rings is 4. The van der Waals surface area contributed by atoms with Crippen LogP contribution in [0.15, 0.2) is 97.3 Å². The molecule has 0 atom stereocenters. The van der Waals surface area contributed by atoms with Gasteiger partial charge in [-0.25, -0.2) is 18.7 Å². The van der Waals surface area contributed by atoms with E-state index in [-0.39, 0.29) is 22.5 Å². The van der Waals surface area contributed by atoms with Gasteiger partial charge in [-0.2, -0.15) is 21.6 Å². The Labute approximate surface area is 357 Å². The predicted octanol–water partition coefficient (Wildman–Crippen LogP) is 11.6. The molecule has 0 aliphatic rings. The molecular formula is C45H49F5N4O5SSn. The van der Waals surface area contributed by atoms with Crippen molar-refractivity contribution in [3.63, 3.8) is 0 Å². The van der Waals surface area contributed by atoms with Gasteiger partial charge in [0.1, 0.15) is 17.3 Å². The number of benzene rings is 2. The fourth-order valence-corrected chi connectivity index (χ4v) is 22.6. The third-order valence-electron chi connectivity index (χ3n) is 9.84. The molecule has 0 unspecified atom stereocenters. The molecule has 16 heteroatoms. The quantitative estimate of drug-likeness (QED) is 0.0325. The molecule has 0 spiro atoms. The Bertz CT molecular complexity index is 2510. The van der Waals surface area contributed by atoms with E-state index in [9.17, 15) is 40.0 Å². The minimum atomic E-state index is -5.97. The van der Waals surface area contributed by atoms with Gasteiger partial charge in [0, 0.05) is 36.4 Å². The maximum absolute atomic E-state index is 13.3. The summed E-state index contributed by atoms with van der Waals surface area (Å²) in [4.78, 5) is 40.3. The molecule has 6 rings (SSSR count). The van der Waals surface area contributed by atoms with Crippen LogP contribution in [0.3, 0.4) is 0 Å². The van der Waals surface area contributed by atoms with Crippen LogP contribution in [0.5, 0.6) is 5.75 Å². The van der Waals surface area contributed by atoms with E-state index in [0.717, 1.165) is 25.1 Å². The fourth-order valence-electron chi connectivity index (χ4n) is 6.72. The molecule has 2 aromatic carbocycles. The molecule has 4 heterocycles. The molecule has 0 N–H and O–H groups in total. The zero-order valence-electron chi connectivity index (χ0n) is 34.7. The predicted molar refractivity (Wildman–Crippen MR) is 231 cm³/mol. The number of carbonyl (C=O) groups excluding carboxylic acids is 2. The maximum atomic E-state index is 13.3. The number of nitrogens with zero attached hydrogens (tertiary/aromatic N) is 4. The van der Waals surface area contributed by atoms with Gasteiger partial charge in [-0.3, -0.25) is 14.6 Å². The topological polar surface area (TPSA) is 129 Å². The minimum absolute atomic E-state index is 0.0163. The van der Waals surface area contributed by atoms with Gasteiger partial charge in [-0.05, 0) is 60.7 Å². The summed E-state index contributed by atoms with van der Waals surface area (Å²) >= 11 is -2.21. The number of hydrogen-bond acceptors (Lipinski definition) is 9. The zero-order valence-corrected chi connectivity index (χ0v) is 38.4. The number of alkyl halides is 3. The molecule has 0 radical (unpaired) electrons. The Hall–Kier alpha value is -4.90. The van der Waals surface area contributed by atoms with E-state index in [1.807, 2.05) is 12.3 Å². The Morgan fingerprint density at radius 2 is 1.15 bits per heavy atom. The van der Waals surface area contributed by atoms with Gasteiger partial charge in [-0.15, -0.1) is 0 Å². The average Bonchev–Trinajstić information content (AvgIpc) is 3.23. The molecule has 0 saturated heterocycles. The van der Waals surface area contributed by atoms with Crippen molar-refractivity contribution in [1.82, 2.24) is 19.9 Å². The van der Waals surface area contributed by atoms with E-state index in [2.05, 4.69) is 58.1 Å². The summed E-state index contributed by atoms with van der Waals surface area (Å²) in [5, 5.41) is 0.632. The van der Waals surface area contributed by atoms with Crippen molar-refractivity contribution in [2.45, 2.75) is 92.0 Å². The van der Waals surface area contributed by atoms with E-state index in [4.69, 9.17) is 4.98 Å². The van der Waals surface area contributed by atoms with Gasteiger partial charge in [0.25, 0.3) is 0 Å². The summed E-state index contributed by atoms with van der Waals surface area (Å²) in [6.07, 6.45) is 11.9. The molecule has 61 heavy (non-hydrogen) atoms. The number of ketones is 2. The number of carbonyl (C=O) groups is 2. The molecule has 0 amide bonds. The first-order valence-electron chi connectivity index (χ1n) is 20.0. The van der Waals surface area contributed by atoms with Gasteiger partial charge in [0.2, 0.25) is 0 Å². The van der Waals surface area contributed by atoms with Gasteiger partial charge < -0.3 is 4.18 Å². The number of halogens is 5. The van der Waals surface area contributed by atoms with Crippen LogP contribution in [0.2, 0.25) is 13.3 Å².